The lowest BCUT2D eigenvalue weighted by Crippen LogP contribution is -2.39. The summed E-state index contributed by atoms with van der Waals surface area (Å²) >= 11 is 0. The highest BCUT2D eigenvalue weighted by atomic mass is 16.2. The molecule has 1 heterocycles. The highest BCUT2D eigenvalue weighted by Gasteiger charge is 2.21. The molecule has 3 rings (SSSR count). The molecule has 0 aromatic heterocycles. The minimum absolute atomic E-state index is 0.0646. The molecule has 132 valence electrons. The lowest BCUT2D eigenvalue weighted by Gasteiger charge is -2.31. The summed E-state index contributed by atoms with van der Waals surface area (Å²) in [5.41, 5.74) is 3.26. The third kappa shape index (κ3) is 5.33. The van der Waals surface area contributed by atoms with Crippen molar-refractivity contribution in [1.29, 1.82) is 0 Å². The number of carbonyl (C=O) groups excluding carboxylic acids is 1. The van der Waals surface area contributed by atoms with Gasteiger partial charge >= 0.3 is 0 Å². The van der Waals surface area contributed by atoms with Gasteiger partial charge in [-0.25, -0.2) is 0 Å². The van der Waals surface area contributed by atoms with Crippen LogP contribution in [0.4, 0.5) is 11.4 Å². The zero-order valence-electron chi connectivity index (χ0n) is 14.9. The fourth-order valence-electron chi connectivity index (χ4n) is 3.45. The normalized spacial score (nSPS) is 15.7. The average molecular weight is 337 g/mol. The van der Waals surface area contributed by atoms with E-state index in [9.17, 15) is 4.79 Å². The van der Waals surface area contributed by atoms with Crippen LogP contribution in [-0.4, -0.2) is 37.5 Å². The summed E-state index contributed by atoms with van der Waals surface area (Å²) in [6.45, 7) is 2.48. The van der Waals surface area contributed by atoms with Gasteiger partial charge in [-0.15, -0.1) is 0 Å². The summed E-state index contributed by atoms with van der Waals surface area (Å²) in [6.07, 6.45) is 3.48. The predicted octanol–water partition coefficient (Wildman–Crippen LogP) is 3.62. The van der Waals surface area contributed by atoms with Gasteiger partial charge in [0.05, 0.1) is 6.54 Å². The molecule has 1 aliphatic heterocycles. The number of piperidine rings is 1. The standard InChI is InChI=1S/C21H27N3O/c1-22-19-8-5-9-20(15-19)23-21(25)16-24-12-10-18(11-13-24)14-17-6-3-2-4-7-17/h2-9,15,18,22H,10-14,16H2,1H3,(H,23,25). The number of nitrogens with one attached hydrogen (secondary N) is 2. The van der Waals surface area contributed by atoms with Gasteiger partial charge in [-0.3, -0.25) is 9.69 Å². The van der Waals surface area contributed by atoms with E-state index in [1.54, 1.807) is 0 Å². The second kappa shape index (κ2) is 8.67. The summed E-state index contributed by atoms with van der Waals surface area (Å²) in [5, 5.41) is 6.08. The first-order valence-electron chi connectivity index (χ1n) is 9.07. The van der Waals surface area contributed by atoms with E-state index in [-0.39, 0.29) is 5.91 Å². The van der Waals surface area contributed by atoms with Gasteiger partial charge in [0, 0.05) is 18.4 Å². The molecule has 1 saturated heterocycles. The van der Waals surface area contributed by atoms with Crippen LogP contribution in [0.3, 0.4) is 0 Å². The third-order valence-corrected chi connectivity index (χ3v) is 4.88. The summed E-state index contributed by atoms with van der Waals surface area (Å²) < 4.78 is 0. The molecule has 2 aromatic rings. The topological polar surface area (TPSA) is 44.4 Å². The Morgan fingerprint density at radius 1 is 1.04 bits per heavy atom. The second-order valence-corrected chi connectivity index (χ2v) is 6.79. The number of anilines is 2. The highest BCUT2D eigenvalue weighted by Crippen LogP contribution is 2.21. The van der Waals surface area contributed by atoms with E-state index in [1.807, 2.05) is 31.3 Å². The van der Waals surface area contributed by atoms with E-state index in [0.717, 1.165) is 49.6 Å². The maximum atomic E-state index is 12.3. The molecule has 0 atom stereocenters. The van der Waals surface area contributed by atoms with Gasteiger partial charge in [-0.2, -0.15) is 0 Å². The van der Waals surface area contributed by atoms with Crippen LogP contribution in [0.1, 0.15) is 18.4 Å². The lowest BCUT2D eigenvalue weighted by molar-refractivity contribution is -0.117. The molecule has 0 unspecified atom stereocenters. The molecular weight excluding hydrogens is 310 g/mol. The van der Waals surface area contributed by atoms with Crippen LogP contribution in [-0.2, 0) is 11.2 Å². The summed E-state index contributed by atoms with van der Waals surface area (Å²) in [4.78, 5) is 14.5. The number of hydrogen-bond acceptors (Lipinski definition) is 3. The quantitative estimate of drug-likeness (QED) is 0.846. The molecule has 1 aliphatic rings. The van der Waals surface area contributed by atoms with E-state index >= 15 is 0 Å². The first kappa shape index (κ1) is 17.5. The van der Waals surface area contributed by atoms with Gasteiger partial charge in [-0.05, 0) is 62.0 Å². The molecule has 2 N–H and O–H groups in total. The number of amides is 1. The summed E-state index contributed by atoms with van der Waals surface area (Å²) in [6, 6.07) is 18.5. The SMILES string of the molecule is CNc1cccc(NC(=O)CN2CCC(Cc3ccccc3)CC2)c1. The Morgan fingerprint density at radius 2 is 1.76 bits per heavy atom. The molecule has 0 radical (unpaired) electrons. The zero-order chi connectivity index (χ0) is 17.5. The molecule has 0 aliphatic carbocycles. The number of hydrogen-bond donors (Lipinski definition) is 2. The Balaban J connectivity index is 1.43. The molecule has 25 heavy (non-hydrogen) atoms. The second-order valence-electron chi connectivity index (χ2n) is 6.79. The van der Waals surface area contributed by atoms with Crippen molar-refractivity contribution in [3.63, 3.8) is 0 Å². The van der Waals surface area contributed by atoms with Crippen LogP contribution in [0.25, 0.3) is 0 Å². The highest BCUT2D eigenvalue weighted by molar-refractivity contribution is 5.92. The van der Waals surface area contributed by atoms with Crippen molar-refractivity contribution in [3.8, 4) is 0 Å². The Morgan fingerprint density at radius 3 is 2.48 bits per heavy atom. The van der Waals surface area contributed by atoms with Crippen molar-refractivity contribution < 1.29 is 4.79 Å². The van der Waals surface area contributed by atoms with Crippen LogP contribution >= 0.6 is 0 Å². The zero-order valence-corrected chi connectivity index (χ0v) is 14.9. The van der Waals surface area contributed by atoms with Crippen molar-refractivity contribution in [2.45, 2.75) is 19.3 Å². The smallest absolute Gasteiger partial charge is 0.238 e. The van der Waals surface area contributed by atoms with Crippen molar-refractivity contribution in [2.24, 2.45) is 5.92 Å². The molecule has 4 heteroatoms. The Kier molecular flexibility index (Phi) is 6.07. The number of rotatable bonds is 6. The van der Waals surface area contributed by atoms with Crippen LogP contribution in [0.2, 0.25) is 0 Å². The molecule has 4 nitrogen and oxygen atoms in total. The van der Waals surface area contributed by atoms with Crippen molar-refractivity contribution >= 4 is 17.3 Å². The van der Waals surface area contributed by atoms with E-state index in [2.05, 4.69) is 45.9 Å². The number of carbonyl (C=O) groups is 1. The van der Waals surface area contributed by atoms with Gasteiger partial charge in [0.15, 0.2) is 0 Å². The maximum Gasteiger partial charge on any atom is 0.238 e. The van der Waals surface area contributed by atoms with E-state index in [1.165, 1.54) is 5.56 Å². The molecule has 2 aromatic carbocycles. The van der Waals surface area contributed by atoms with E-state index in [4.69, 9.17) is 0 Å². The van der Waals surface area contributed by atoms with Crippen molar-refractivity contribution in [1.82, 2.24) is 4.90 Å². The van der Waals surface area contributed by atoms with Gasteiger partial charge < -0.3 is 10.6 Å². The maximum absolute atomic E-state index is 12.3. The van der Waals surface area contributed by atoms with E-state index in [0.29, 0.717) is 6.54 Å². The first-order valence-corrected chi connectivity index (χ1v) is 9.07. The van der Waals surface area contributed by atoms with Gasteiger partial charge in [0.2, 0.25) is 5.91 Å². The molecule has 1 amide bonds. The van der Waals surface area contributed by atoms with E-state index < -0.39 is 0 Å². The number of benzene rings is 2. The Labute approximate surface area is 150 Å². The monoisotopic (exact) mass is 337 g/mol. The number of likely N-dealkylation sites (tertiary alicyclic amines) is 1. The van der Waals surface area contributed by atoms with Crippen LogP contribution in [0, 0.1) is 5.92 Å². The third-order valence-electron chi connectivity index (χ3n) is 4.88. The van der Waals surface area contributed by atoms with Gasteiger partial charge in [0.1, 0.15) is 0 Å². The molecular formula is C21H27N3O. The van der Waals surface area contributed by atoms with Gasteiger partial charge in [-0.1, -0.05) is 36.4 Å². The summed E-state index contributed by atoms with van der Waals surface area (Å²) in [7, 11) is 1.88. The summed E-state index contributed by atoms with van der Waals surface area (Å²) in [5.74, 6) is 0.795. The van der Waals surface area contributed by atoms with Crippen molar-refractivity contribution in [3.05, 3.63) is 60.2 Å². The minimum atomic E-state index is 0.0646. The number of nitrogens with zero attached hydrogens (tertiary/aromatic N) is 1. The van der Waals surface area contributed by atoms with Crippen LogP contribution < -0.4 is 10.6 Å². The van der Waals surface area contributed by atoms with Crippen LogP contribution in [0.5, 0.6) is 0 Å². The minimum Gasteiger partial charge on any atom is -0.388 e. The fourth-order valence-corrected chi connectivity index (χ4v) is 3.45. The molecule has 1 fully saturated rings. The van der Waals surface area contributed by atoms with Gasteiger partial charge in [0.25, 0.3) is 0 Å². The molecule has 0 bridgehead atoms. The average Bonchev–Trinajstić information content (AvgIpc) is 2.64. The van der Waals surface area contributed by atoms with Crippen LogP contribution in [0.15, 0.2) is 54.6 Å². The molecule has 0 saturated carbocycles. The first-order chi connectivity index (χ1) is 12.2. The van der Waals surface area contributed by atoms with Crippen molar-refractivity contribution in [2.75, 3.05) is 37.3 Å². The lowest BCUT2D eigenvalue weighted by atomic mass is 9.90. The largest absolute Gasteiger partial charge is 0.388 e. The molecule has 0 spiro atoms. The fraction of sp³-hybridized carbons (Fsp3) is 0.381. The Hall–Kier alpha value is -2.33. The predicted molar refractivity (Wildman–Crippen MR) is 104 cm³/mol. The Bertz CT molecular complexity index is 679.